The first-order valence-corrected chi connectivity index (χ1v) is 10.1. The molecule has 2 N–H and O–H groups in total. The predicted molar refractivity (Wildman–Crippen MR) is 113 cm³/mol. The largest absolute Gasteiger partial charge is 0.367 e. The molecule has 0 saturated heterocycles. The van der Waals surface area contributed by atoms with Gasteiger partial charge in [0.1, 0.15) is 11.1 Å². The minimum Gasteiger partial charge on any atom is -0.367 e. The molecule has 4 nitrogen and oxygen atoms in total. The highest BCUT2D eigenvalue weighted by molar-refractivity contribution is 8.03. The van der Waals surface area contributed by atoms with Gasteiger partial charge in [0, 0.05) is 16.8 Å². The maximum absolute atomic E-state index is 12.5. The summed E-state index contributed by atoms with van der Waals surface area (Å²) in [5.41, 5.74) is 3.09. The topological polar surface area (TPSA) is 50.4 Å². The average molecular weight is 383 g/mol. The van der Waals surface area contributed by atoms with Gasteiger partial charge in [0.15, 0.2) is 5.78 Å². The number of hydrogen-bond donors (Lipinski definition) is 2. The van der Waals surface area contributed by atoms with Gasteiger partial charge in [-0.2, -0.15) is 0 Å². The van der Waals surface area contributed by atoms with E-state index in [1.165, 1.54) is 0 Å². The van der Waals surface area contributed by atoms with Gasteiger partial charge in [-0.15, -0.1) is 0 Å². The maximum Gasteiger partial charge on any atom is 0.193 e. The summed E-state index contributed by atoms with van der Waals surface area (Å²) in [6.45, 7) is 8.22. The number of carbonyl (C=O) groups is 1. The summed E-state index contributed by atoms with van der Waals surface area (Å²) in [5.74, 6) is 0.0343. The van der Waals surface area contributed by atoms with E-state index in [1.807, 2.05) is 68.4 Å². The number of thioether (sulfide) groups is 1. The summed E-state index contributed by atoms with van der Waals surface area (Å²) >= 11 is 1.68. The Labute approximate surface area is 165 Å². The summed E-state index contributed by atoms with van der Waals surface area (Å²) < 4.78 is 5.99. The van der Waals surface area contributed by atoms with Crippen molar-refractivity contribution in [3.05, 3.63) is 76.8 Å². The minimum absolute atomic E-state index is 0.0331. The SMILES string of the molecule is CC(C)OC(C)(C)C1=CSC(Nc2ccc(C(=O)c3ccccc3)cc2)N1. The fourth-order valence-electron chi connectivity index (χ4n) is 3.01. The Morgan fingerprint density at radius 2 is 1.70 bits per heavy atom. The van der Waals surface area contributed by atoms with Crippen molar-refractivity contribution in [3.8, 4) is 0 Å². The first-order valence-electron chi connectivity index (χ1n) is 9.12. The molecular weight excluding hydrogens is 356 g/mol. The van der Waals surface area contributed by atoms with E-state index in [9.17, 15) is 4.79 Å². The fourth-order valence-corrected chi connectivity index (χ4v) is 4.03. The van der Waals surface area contributed by atoms with E-state index in [-0.39, 0.29) is 23.0 Å². The fraction of sp³-hybridized carbons (Fsp3) is 0.318. The molecule has 1 atom stereocenters. The molecule has 1 heterocycles. The molecule has 142 valence electrons. The Bertz CT molecular complexity index is 814. The summed E-state index contributed by atoms with van der Waals surface area (Å²) in [4.78, 5) is 12.5. The molecule has 0 saturated carbocycles. The molecule has 1 aliphatic rings. The molecule has 5 heteroatoms. The number of anilines is 1. The van der Waals surface area contributed by atoms with E-state index in [0.717, 1.165) is 11.4 Å². The van der Waals surface area contributed by atoms with Crippen LogP contribution in [0.2, 0.25) is 0 Å². The molecule has 0 bridgehead atoms. The second-order valence-electron chi connectivity index (χ2n) is 7.29. The Morgan fingerprint density at radius 3 is 2.33 bits per heavy atom. The van der Waals surface area contributed by atoms with Crippen LogP contribution in [0.1, 0.15) is 43.6 Å². The molecule has 0 radical (unpaired) electrons. The second kappa shape index (κ2) is 8.19. The standard InChI is InChI=1S/C22H26N2O2S/c1-15(2)26-22(3,4)19-14-27-21(24-19)23-18-12-10-17(11-13-18)20(25)16-8-6-5-7-9-16/h5-15,21,23-24H,1-4H3. The number of hydrogen-bond acceptors (Lipinski definition) is 5. The normalized spacial score (nSPS) is 16.8. The Morgan fingerprint density at radius 1 is 1.07 bits per heavy atom. The van der Waals surface area contributed by atoms with E-state index in [2.05, 4.69) is 29.9 Å². The van der Waals surface area contributed by atoms with Crippen molar-refractivity contribution in [2.75, 3.05) is 5.32 Å². The number of benzene rings is 2. The second-order valence-corrected chi connectivity index (χ2v) is 8.27. The van der Waals surface area contributed by atoms with Gasteiger partial charge in [0.05, 0.1) is 11.8 Å². The molecular formula is C22H26N2O2S. The minimum atomic E-state index is -0.358. The summed E-state index contributed by atoms with van der Waals surface area (Å²) in [5, 5.41) is 9.01. The highest BCUT2D eigenvalue weighted by Crippen LogP contribution is 2.31. The molecule has 2 aromatic rings. The Balaban J connectivity index is 1.59. The van der Waals surface area contributed by atoms with Crippen LogP contribution in [0.5, 0.6) is 0 Å². The van der Waals surface area contributed by atoms with Crippen molar-refractivity contribution in [1.29, 1.82) is 0 Å². The number of ketones is 1. The third-order valence-corrected chi connectivity index (χ3v) is 5.15. The number of rotatable bonds is 7. The van der Waals surface area contributed by atoms with Crippen molar-refractivity contribution in [2.24, 2.45) is 0 Å². The van der Waals surface area contributed by atoms with Crippen LogP contribution in [0.15, 0.2) is 65.7 Å². The van der Waals surface area contributed by atoms with Crippen molar-refractivity contribution >= 4 is 23.2 Å². The van der Waals surface area contributed by atoms with Crippen LogP contribution in [-0.4, -0.2) is 23.0 Å². The van der Waals surface area contributed by atoms with Crippen LogP contribution in [0.25, 0.3) is 0 Å². The summed E-state index contributed by atoms with van der Waals surface area (Å²) in [6.07, 6.45) is 0.161. The third kappa shape index (κ3) is 4.93. The van der Waals surface area contributed by atoms with Crippen molar-refractivity contribution in [3.63, 3.8) is 0 Å². The van der Waals surface area contributed by atoms with Gasteiger partial charge in [-0.1, -0.05) is 42.1 Å². The number of carbonyl (C=O) groups excluding carboxylic acids is 1. The van der Waals surface area contributed by atoms with Gasteiger partial charge in [0.2, 0.25) is 0 Å². The molecule has 0 fully saturated rings. The van der Waals surface area contributed by atoms with Gasteiger partial charge < -0.3 is 15.4 Å². The van der Waals surface area contributed by atoms with E-state index < -0.39 is 0 Å². The predicted octanol–water partition coefficient (Wildman–Crippen LogP) is 4.99. The molecule has 3 rings (SSSR count). The lowest BCUT2D eigenvalue weighted by molar-refractivity contribution is -0.0338. The van der Waals surface area contributed by atoms with Crippen molar-refractivity contribution in [1.82, 2.24) is 5.32 Å². The molecule has 0 amide bonds. The van der Waals surface area contributed by atoms with E-state index in [0.29, 0.717) is 11.1 Å². The van der Waals surface area contributed by atoms with Gasteiger partial charge in [0.25, 0.3) is 0 Å². The average Bonchev–Trinajstić information content (AvgIpc) is 3.11. The number of ether oxygens (including phenoxy) is 1. The lowest BCUT2D eigenvalue weighted by Crippen LogP contribution is -2.39. The summed E-state index contributed by atoms with van der Waals surface area (Å²) in [6, 6.07) is 16.9. The van der Waals surface area contributed by atoms with E-state index in [1.54, 1.807) is 11.8 Å². The smallest absolute Gasteiger partial charge is 0.193 e. The van der Waals surface area contributed by atoms with Crippen LogP contribution < -0.4 is 10.6 Å². The molecule has 0 aromatic heterocycles. The molecule has 2 aromatic carbocycles. The Kier molecular flexibility index (Phi) is 5.92. The zero-order chi connectivity index (χ0) is 19.4. The molecule has 27 heavy (non-hydrogen) atoms. The number of nitrogens with one attached hydrogen (secondary N) is 2. The molecule has 0 aliphatic carbocycles. The highest BCUT2D eigenvalue weighted by Gasteiger charge is 2.31. The van der Waals surface area contributed by atoms with Crippen LogP contribution in [0.4, 0.5) is 5.69 Å². The van der Waals surface area contributed by atoms with Crippen LogP contribution in [-0.2, 0) is 4.74 Å². The van der Waals surface area contributed by atoms with Gasteiger partial charge in [-0.05, 0) is 57.4 Å². The maximum atomic E-state index is 12.5. The highest BCUT2D eigenvalue weighted by atomic mass is 32.2. The third-order valence-electron chi connectivity index (χ3n) is 4.27. The van der Waals surface area contributed by atoms with Gasteiger partial charge in [-0.25, -0.2) is 0 Å². The molecule has 0 spiro atoms. The Hall–Kier alpha value is -2.24. The van der Waals surface area contributed by atoms with E-state index >= 15 is 0 Å². The van der Waals surface area contributed by atoms with Crippen molar-refractivity contribution < 1.29 is 9.53 Å². The lowest BCUT2D eigenvalue weighted by atomic mass is 10.0. The summed E-state index contributed by atoms with van der Waals surface area (Å²) in [7, 11) is 0. The first kappa shape index (κ1) is 19.5. The lowest BCUT2D eigenvalue weighted by Gasteiger charge is -2.30. The quantitative estimate of drug-likeness (QED) is 0.661. The van der Waals surface area contributed by atoms with Crippen molar-refractivity contribution in [2.45, 2.75) is 44.9 Å². The van der Waals surface area contributed by atoms with Crippen LogP contribution in [0, 0.1) is 0 Å². The zero-order valence-electron chi connectivity index (χ0n) is 16.2. The molecule has 1 aliphatic heterocycles. The molecule has 1 unspecified atom stereocenters. The first-order chi connectivity index (χ1) is 12.8. The van der Waals surface area contributed by atoms with Crippen LogP contribution in [0.3, 0.4) is 0 Å². The zero-order valence-corrected chi connectivity index (χ0v) is 17.0. The van der Waals surface area contributed by atoms with Crippen LogP contribution >= 0.6 is 11.8 Å². The monoisotopic (exact) mass is 382 g/mol. The van der Waals surface area contributed by atoms with E-state index in [4.69, 9.17) is 4.74 Å². The van der Waals surface area contributed by atoms with Gasteiger partial charge >= 0.3 is 0 Å². The van der Waals surface area contributed by atoms with Gasteiger partial charge in [-0.3, -0.25) is 4.79 Å².